The third-order valence-electron chi connectivity index (χ3n) is 4.38. The van der Waals surface area contributed by atoms with Crippen molar-refractivity contribution in [3.63, 3.8) is 0 Å². The minimum Gasteiger partial charge on any atom is -0.342 e. The third kappa shape index (κ3) is 3.78. The zero-order valence-corrected chi connectivity index (χ0v) is 13.0. The molecule has 1 aliphatic carbocycles. The molecule has 2 aliphatic rings. The lowest BCUT2D eigenvalue weighted by atomic mass is 10.0. The first kappa shape index (κ1) is 14.9. The highest BCUT2D eigenvalue weighted by atomic mass is 16.2. The van der Waals surface area contributed by atoms with Gasteiger partial charge in [0.05, 0.1) is 0 Å². The molecule has 3 amide bonds. The van der Waals surface area contributed by atoms with Gasteiger partial charge in [0.1, 0.15) is 0 Å². The van der Waals surface area contributed by atoms with Gasteiger partial charge < -0.3 is 15.5 Å². The van der Waals surface area contributed by atoms with Crippen LogP contribution in [-0.4, -0.2) is 36.0 Å². The highest BCUT2D eigenvalue weighted by Crippen LogP contribution is 2.31. The number of anilines is 1. The molecule has 22 heavy (non-hydrogen) atoms. The first-order valence-corrected chi connectivity index (χ1v) is 8.05. The molecule has 5 heteroatoms. The number of amides is 3. The molecule has 1 aromatic rings. The number of benzene rings is 1. The summed E-state index contributed by atoms with van der Waals surface area (Å²) < 4.78 is 0. The van der Waals surface area contributed by atoms with Crippen LogP contribution >= 0.6 is 0 Å². The van der Waals surface area contributed by atoms with E-state index in [0.717, 1.165) is 44.5 Å². The Hall–Kier alpha value is -2.04. The van der Waals surface area contributed by atoms with Gasteiger partial charge in [-0.2, -0.15) is 0 Å². The van der Waals surface area contributed by atoms with Crippen molar-refractivity contribution in [2.24, 2.45) is 5.92 Å². The summed E-state index contributed by atoms with van der Waals surface area (Å²) in [7, 11) is 0. The third-order valence-corrected chi connectivity index (χ3v) is 4.38. The van der Waals surface area contributed by atoms with Crippen molar-refractivity contribution < 1.29 is 9.59 Å². The van der Waals surface area contributed by atoms with Crippen LogP contribution in [-0.2, 0) is 4.79 Å². The molecule has 2 fully saturated rings. The summed E-state index contributed by atoms with van der Waals surface area (Å²) in [5, 5.41) is 5.85. The van der Waals surface area contributed by atoms with Gasteiger partial charge in [-0.15, -0.1) is 0 Å². The molecule has 1 aromatic carbocycles. The lowest BCUT2D eigenvalue weighted by molar-refractivity contribution is -0.133. The molecule has 2 N–H and O–H groups in total. The highest BCUT2D eigenvalue weighted by Gasteiger charge is 2.35. The molecule has 0 unspecified atom stereocenters. The summed E-state index contributed by atoms with van der Waals surface area (Å²) >= 11 is 0. The van der Waals surface area contributed by atoms with Crippen LogP contribution in [0.2, 0.25) is 0 Å². The lowest BCUT2D eigenvalue weighted by Gasteiger charge is -2.32. The van der Waals surface area contributed by atoms with E-state index in [4.69, 9.17) is 0 Å². The quantitative estimate of drug-likeness (QED) is 0.901. The number of carbonyl (C=O) groups excluding carboxylic acids is 2. The van der Waals surface area contributed by atoms with Crippen molar-refractivity contribution in [3.8, 4) is 0 Å². The Labute approximate surface area is 131 Å². The molecule has 5 nitrogen and oxygen atoms in total. The Morgan fingerprint density at radius 3 is 2.27 bits per heavy atom. The number of hydrogen-bond acceptors (Lipinski definition) is 2. The summed E-state index contributed by atoms with van der Waals surface area (Å²) in [4.78, 5) is 25.9. The first-order valence-electron chi connectivity index (χ1n) is 8.05. The van der Waals surface area contributed by atoms with Crippen LogP contribution in [0, 0.1) is 12.8 Å². The number of aryl methyl sites for hydroxylation is 1. The summed E-state index contributed by atoms with van der Waals surface area (Å²) in [5.74, 6) is 0.594. The van der Waals surface area contributed by atoms with E-state index in [1.165, 1.54) is 5.56 Å². The van der Waals surface area contributed by atoms with Crippen LogP contribution < -0.4 is 10.6 Å². The average molecular weight is 301 g/mol. The number of nitrogens with zero attached hydrogens (tertiary/aromatic N) is 1. The maximum absolute atomic E-state index is 12.0. The largest absolute Gasteiger partial charge is 0.342 e. The van der Waals surface area contributed by atoms with E-state index in [-0.39, 0.29) is 18.0 Å². The van der Waals surface area contributed by atoms with Crippen LogP contribution in [0.15, 0.2) is 24.3 Å². The van der Waals surface area contributed by atoms with E-state index >= 15 is 0 Å². The van der Waals surface area contributed by atoms with E-state index in [0.29, 0.717) is 5.91 Å². The summed E-state index contributed by atoms with van der Waals surface area (Å²) in [6, 6.07) is 7.71. The van der Waals surface area contributed by atoms with E-state index in [1.54, 1.807) is 0 Å². The van der Waals surface area contributed by atoms with Gasteiger partial charge in [-0.05, 0) is 44.7 Å². The van der Waals surface area contributed by atoms with Gasteiger partial charge in [0.2, 0.25) is 5.91 Å². The molecule has 0 atom stereocenters. The SMILES string of the molecule is Cc1ccc(NC(=O)NC2CCN(C(=O)C3CC3)CC2)cc1. The fourth-order valence-electron chi connectivity index (χ4n) is 2.82. The summed E-state index contributed by atoms with van der Waals surface area (Å²) in [5.41, 5.74) is 1.96. The molecule has 1 saturated heterocycles. The molecule has 0 radical (unpaired) electrons. The van der Waals surface area contributed by atoms with Crippen LogP contribution in [0.5, 0.6) is 0 Å². The van der Waals surface area contributed by atoms with E-state index in [9.17, 15) is 9.59 Å². The average Bonchev–Trinajstić information content (AvgIpc) is 3.34. The normalized spacial score (nSPS) is 18.9. The lowest BCUT2D eigenvalue weighted by Crippen LogP contribution is -2.47. The Bertz CT molecular complexity index is 544. The standard InChI is InChI=1S/C17H23N3O2/c1-12-2-6-14(7-3-12)18-17(22)19-15-8-10-20(11-9-15)16(21)13-4-5-13/h2-3,6-7,13,15H,4-5,8-11H2,1H3,(H2,18,19,22). The monoisotopic (exact) mass is 301 g/mol. The minimum atomic E-state index is -0.171. The maximum atomic E-state index is 12.0. The molecular weight excluding hydrogens is 278 g/mol. The maximum Gasteiger partial charge on any atom is 0.319 e. The highest BCUT2D eigenvalue weighted by molar-refractivity contribution is 5.89. The van der Waals surface area contributed by atoms with Crippen molar-refractivity contribution in [1.82, 2.24) is 10.2 Å². The van der Waals surface area contributed by atoms with E-state index in [1.807, 2.05) is 36.1 Å². The van der Waals surface area contributed by atoms with Crippen LogP contribution in [0.4, 0.5) is 10.5 Å². The van der Waals surface area contributed by atoms with Crippen molar-refractivity contribution in [3.05, 3.63) is 29.8 Å². The van der Waals surface area contributed by atoms with E-state index in [2.05, 4.69) is 10.6 Å². The predicted molar refractivity (Wildman–Crippen MR) is 85.7 cm³/mol. The van der Waals surface area contributed by atoms with Crippen molar-refractivity contribution >= 4 is 17.6 Å². The summed E-state index contributed by atoms with van der Waals surface area (Å²) in [6.07, 6.45) is 3.77. The molecule has 0 spiro atoms. The predicted octanol–water partition coefficient (Wildman–Crippen LogP) is 2.52. The second-order valence-corrected chi connectivity index (χ2v) is 6.34. The van der Waals surface area contributed by atoms with Crippen molar-refractivity contribution in [2.45, 2.75) is 38.6 Å². The zero-order valence-electron chi connectivity index (χ0n) is 13.0. The molecule has 0 bridgehead atoms. The number of rotatable bonds is 3. The number of nitrogens with one attached hydrogen (secondary N) is 2. The number of hydrogen-bond donors (Lipinski definition) is 2. The van der Waals surface area contributed by atoms with Gasteiger partial charge in [0.15, 0.2) is 0 Å². The molecular formula is C17H23N3O2. The second-order valence-electron chi connectivity index (χ2n) is 6.34. The smallest absolute Gasteiger partial charge is 0.319 e. The summed E-state index contributed by atoms with van der Waals surface area (Å²) in [6.45, 7) is 3.52. The molecule has 1 saturated carbocycles. The van der Waals surface area contributed by atoms with Crippen LogP contribution in [0.3, 0.4) is 0 Å². The number of urea groups is 1. The van der Waals surface area contributed by atoms with Gasteiger partial charge >= 0.3 is 6.03 Å². The minimum absolute atomic E-state index is 0.147. The van der Waals surface area contributed by atoms with Gasteiger partial charge in [0.25, 0.3) is 0 Å². The van der Waals surface area contributed by atoms with Gasteiger partial charge in [0, 0.05) is 30.7 Å². The Morgan fingerprint density at radius 1 is 1.05 bits per heavy atom. The number of likely N-dealkylation sites (tertiary alicyclic amines) is 1. The number of piperidine rings is 1. The Morgan fingerprint density at radius 2 is 1.68 bits per heavy atom. The number of carbonyl (C=O) groups is 2. The molecule has 118 valence electrons. The first-order chi connectivity index (χ1) is 10.6. The van der Waals surface area contributed by atoms with Gasteiger partial charge in [-0.1, -0.05) is 17.7 Å². The zero-order chi connectivity index (χ0) is 15.5. The molecule has 0 aromatic heterocycles. The van der Waals surface area contributed by atoms with Crippen LogP contribution in [0.25, 0.3) is 0 Å². The molecule has 1 heterocycles. The second kappa shape index (κ2) is 6.38. The topological polar surface area (TPSA) is 61.4 Å². The Balaban J connectivity index is 1.43. The van der Waals surface area contributed by atoms with Gasteiger partial charge in [-0.3, -0.25) is 4.79 Å². The van der Waals surface area contributed by atoms with Gasteiger partial charge in [-0.25, -0.2) is 4.79 Å². The molecule has 3 rings (SSSR count). The molecule has 1 aliphatic heterocycles. The Kier molecular flexibility index (Phi) is 4.32. The fraction of sp³-hybridized carbons (Fsp3) is 0.529. The van der Waals surface area contributed by atoms with Crippen molar-refractivity contribution in [1.29, 1.82) is 0 Å². The fourth-order valence-corrected chi connectivity index (χ4v) is 2.82. The van der Waals surface area contributed by atoms with Crippen LogP contribution in [0.1, 0.15) is 31.2 Å². The van der Waals surface area contributed by atoms with Crippen molar-refractivity contribution in [2.75, 3.05) is 18.4 Å². The van der Waals surface area contributed by atoms with E-state index < -0.39 is 0 Å².